The zero-order valence-electron chi connectivity index (χ0n) is 9.76. The van der Waals surface area contributed by atoms with E-state index in [0.29, 0.717) is 5.57 Å². The normalized spacial score (nSPS) is 11.5. The Hall–Kier alpha value is -0.870. The van der Waals surface area contributed by atoms with Crippen LogP contribution in [0, 0.1) is 0 Å². The molecular weight excluding hydrogens is 252 g/mol. The van der Waals surface area contributed by atoms with E-state index < -0.39 is 5.97 Å². The van der Waals surface area contributed by atoms with Crippen molar-refractivity contribution in [2.45, 2.75) is 12.7 Å². The Balaban J connectivity index is 2.10. The highest BCUT2D eigenvalue weighted by Gasteiger charge is 1.98. The van der Waals surface area contributed by atoms with E-state index >= 15 is 0 Å². The van der Waals surface area contributed by atoms with Gasteiger partial charge in [-0.15, -0.1) is 11.8 Å². The molecule has 0 bridgehead atoms. The zero-order valence-corrected chi connectivity index (χ0v) is 11.4. The summed E-state index contributed by atoms with van der Waals surface area (Å²) in [6, 6.07) is 10.3. The molecule has 92 valence electrons. The van der Waals surface area contributed by atoms with Gasteiger partial charge in [-0.05, 0) is 17.9 Å². The molecule has 1 aromatic rings. The van der Waals surface area contributed by atoms with Crippen LogP contribution in [-0.4, -0.2) is 22.6 Å². The molecule has 1 rings (SSSR count). The number of hydrogen-bond donors (Lipinski definition) is 1. The minimum Gasteiger partial charge on any atom is -0.478 e. The Morgan fingerprint density at radius 1 is 1.29 bits per heavy atom. The lowest BCUT2D eigenvalue weighted by Crippen LogP contribution is -1.95. The molecular formula is C13H16O2S2. The summed E-state index contributed by atoms with van der Waals surface area (Å²) in [7, 11) is 0. The lowest BCUT2D eigenvalue weighted by atomic mass is 10.2. The number of rotatable bonds is 7. The maximum Gasteiger partial charge on any atom is 0.331 e. The molecule has 0 aliphatic carbocycles. The number of carboxylic acids is 1. The van der Waals surface area contributed by atoms with Crippen LogP contribution in [0.25, 0.3) is 0 Å². The minimum atomic E-state index is -0.838. The third-order valence-electron chi connectivity index (χ3n) is 2.05. The van der Waals surface area contributed by atoms with Crippen molar-refractivity contribution in [3.63, 3.8) is 0 Å². The molecule has 0 saturated carbocycles. The number of hydrogen-bond acceptors (Lipinski definition) is 3. The smallest absolute Gasteiger partial charge is 0.331 e. The van der Waals surface area contributed by atoms with Crippen LogP contribution in [0.3, 0.4) is 0 Å². The molecule has 0 heterocycles. The van der Waals surface area contributed by atoms with E-state index in [0.717, 1.165) is 17.3 Å². The standard InChI is InChI=1S/C13H16O2S2/c1-11(13(14)15)9-16-7-8-17-10-12-5-3-2-4-6-12/h2-6,9H,7-8,10H2,1H3,(H,14,15). The number of carboxylic acid groups (broad SMARTS) is 1. The summed E-state index contributed by atoms with van der Waals surface area (Å²) < 4.78 is 0. The van der Waals surface area contributed by atoms with E-state index in [-0.39, 0.29) is 0 Å². The summed E-state index contributed by atoms with van der Waals surface area (Å²) in [6.07, 6.45) is 0. The van der Waals surface area contributed by atoms with Crippen molar-refractivity contribution in [1.29, 1.82) is 0 Å². The van der Waals surface area contributed by atoms with Crippen LogP contribution in [0.4, 0.5) is 0 Å². The van der Waals surface area contributed by atoms with Gasteiger partial charge in [-0.2, -0.15) is 11.8 Å². The van der Waals surface area contributed by atoms with Gasteiger partial charge in [-0.25, -0.2) is 4.79 Å². The largest absolute Gasteiger partial charge is 0.478 e. The average molecular weight is 268 g/mol. The van der Waals surface area contributed by atoms with E-state index in [1.807, 2.05) is 30.0 Å². The Bertz CT molecular complexity index is 374. The topological polar surface area (TPSA) is 37.3 Å². The summed E-state index contributed by atoms with van der Waals surface area (Å²) in [6.45, 7) is 1.62. The van der Waals surface area contributed by atoms with Crippen molar-refractivity contribution in [2.24, 2.45) is 0 Å². The van der Waals surface area contributed by atoms with Gasteiger partial charge in [0.05, 0.1) is 0 Å². The van der Waals surface area contributed by atoms with Crippen LogP contribution >= 0.6 is 23.5 Å². The van der Waals surface area contributed by atoms with Gasteiger partial charge in [-0.1, -0.05) is 30.3 Å². The number of thioether (sulfide) groups is 2. The molecule has 0 spiro atoms. The molecule has 0 aliphatic rings. The second-order valence-corrected chi connectivity index (χ2v) is 5.60. The Morgan fingerprint density at radius 2 is 2.00 bits per heavy atom. The lowest BCUT2D eigenvalue weighted by molar-refractivity contribution is -0.132. The fourth-order valence-electron chi connectivity index (χ4n) is 1.11. The molecule has 0 aliphatic heterocycles. The predicted octanol–water partition coefficient (Wildman–Crippen LogP) is 3.64. The van der Waals surface area contributed by atoms with E-state index in [2.05, 4.69) is 12.1 Å². The molecule has 2 nitrogen and oxygen atoms in total. The van der Waals surface area contributed by atoms with Gasteiger partial charge in [0.15, 0.2) is 0 Å². The van der Waals surface area contributed by atoms with Crippen LogP contribution in [-0.2, 0) is 10.5 Å². The lowest BCUT2D eigenvalue weighted by Gasteiger charge is -2.00. The molecule has 0 saturated heterocycles. The van der Waals surface area contributed by atoms with Crippen molar-refractivity contribution in [1.82, 2.24) is 0 Å². The third kappa shape index (κ3) is 6.44. The van der Waals surface area contributed by atoms with Crippen molar-refractivity contribution in [3.8, 4) is 0 Å². The van der Waals surface area contributed by atoms with Gasteiger partial charge in [0.2, 0.25) is 0 Å². The number of carbonyl (C=O) groups is 1. The van der Waals surface area contributed by atoms with E-state index in [1.165, 1.54) is 5.56 Å². The number of aliphatic carboxylic acids is 1. The Kier molecular flexibility index (Phi) is 6.89. The van der Waals surface area contributed by atoms with E-state index in [9.17, 15) is 4.79 Å². The highest BCUT2D eigenvalue weighted by atomic mass is 32.2. The van der Waals surface area contributed by atoms with Crippen molar-refractivity contribution < 1.29 is 9.90 Å². The molecule has 0 fully saturated rings. The molecule has 0 aromatic heterocycles. The van der Waals surface area contributed by atoms with Crippen LogP contribution in [0.15, 0.2) is 41.3 Å². The first-order valence-corrected chi connectivity index (χ1v) is 7.54. The second kappa shape index (κ2) is 8.25. The fourth-order valence-corrected chi connectivity index (χ4v) is 3.00. The van der Waals surface area contributed by atoms with E-state index in [1.54, 1.807) is 24.1 Å². The molecule has 1 aromatic carbocycles. The van der Waals surface area contributed by atoms with Crippen LogP contribution in [0.5, 0.6) is 0 Å². The van der Waals surface area contributed by atoms with Gasteiger partial charge in [-0.3, -0.25) is 0 Å². The van der Waals surface area contributed by atoms with Crippen molar-refractivity contribution in [2.75, 3.05) is 11.5 Å². The van der Waals surface area contributed by atoms with Gasteiger partial charge in [0.25, 0.3) is 0 Å². The summed E-state index contributed by atoms with van der Waals surface area (Å²) >= 11 is 3.43. The van der Waals surface area contributed by atoms with Crippen LogP contribution in [0.2, 0.25) is 0 Å². The predicted molar refractivity (Wildman–Crippen MR) is 76.5 cm³/mol. The zero-order chi connectivity index (χ0) is 12.5. The Morgan fingerprint density at radius 3 is 2.65 bits per heavy atom. The van der Waals surface area contributed by atoms with Gasteiger partial charge in [0, 0.05) is 22.8 Å². The summed E-state index contributed by atoms with van der Waals surface area (Å²) in [5, 5.41) is 10.4. The van der Waals surface area contributed by atoms with Crippen LogP contribution < -0.4 is 0 Å². The molecule has 0 amide bonds. The fraction of sp³-hybridized carbons (Fsp3) is 0.308. The third-order valence-corrected chi connectivity index (χ3v) is 4.30. The average Bonchev–Trinajstić information content (AvgIpc) is 2.34. The van der Waals surface area contributed by atoms with Gasteiger partial charge in [0.1, 0.15) is 0 Å². The molecule has 4 heteroatoms. The maximum absolute atomic E-state index is 10.5. The maximum atomic E-state index is 10.5. The van der Waals surface area contributed by atoms with E-state index in [4.69, 9.17) is 5.11 Å². The molecule has 0 atom stereocenters. The van der Waals surface area contributed by atoms with Crippen molar-refractivity contribution >= 4 is 29.5 Å². The second-order valence-electron chi connectivity index (χ2n) is 3.51. The SMILES string of the molecule is CC(=CSCCSCc1ccccc1)C(=O)O. The monoisotopic (exact) mass is 268 g/mol. The first-order valence-electron chi connectivity index (χ1n) is 5.33. The first kappa shape index (κ1) is 14.2. The minimum absolute atomic E-state index is 0.406. The number of benzene rings is 1. The molecule has 0 radical (unpaired) electrons. The molecule has 0 unspecified atom stereocenters. The van der Waals surface area contributed by atoms with Gasteiger partial charge >= 0.3 is 5.97 Å². The van der Waals surface area contributed by atoms with Crippen molar-refractivity contribution in [3.05, 3.63) is 46.9 Å². The first-order chi connectivity index (χ1) is 8.20. The summed E-state index contributed by atoms with van der Waals surface area (Å²) in [5.74, 6) is 2.16. The quantitative estimate of drug-likeness (QED) is 0.605. The highest BCUT2D eigenvalue weighted by Crippen LogP contribution is 2.15. The molecule has 17 heavy (non-hydrogen) atoms. The highest BCUT2D eigenvalue weighted by molar-refractivity contribution is 8.04. The van der Waals surface area contributed by atoms with Gasteiger partial charge < -0.3 is 5.11 Å². The molecule has 1 N–H and O–H groups in total. The Labute approximate surface area is 110 Å². The summed E-state index contributed by atoms with van der Waals surface area (Å²) in [5.41, 5.74) is 1.74. The summed E-state index contributed by atoms with van der Waals surface area (Å²) in [4.78, 5) is 10.5. The van der Waals surface area contributed by atoms with Crippen LogP contribution in [0.1, 0.15) is 12.5 Å².